The standard InChI is InChI=1S/C18H24ClN3O3/c19-15-5-3-14(4-6-15)18(24)22(12-16-2-1-11-25-16)13-17(23)21-9-7-20-8-10-21/h3-6,16,20H,1-2,7-13H2/t16-/m1/s1. The van der Waals surface area contributed by atoms with E-state index in [0.717, 1.165) is 32.5 Å². The zero-order chi connectivity index (χ0) is 17.6. The second-order valence-electron chi connectivity index (χ2n) is 6.46. The van der Waals surface area contributed by atoms with Gasteiger partial charge in [-0.2, -0.15) is 0 Å². The zero-order valence-electron chi connectivity index (χ0n) is 14.2. The third kappa shape index (κ3) is 4.93. The van der Waals surface area contributed by atoms with E-state index in [-0.39, 0.29) is 24.5 Å². The molecule has 3 rings (SSSR count). The summed E-state index contributed by atoms with van der Waals surface area (Å²) in [6, 6.07) is 6.78. The van der Waals surface area contributed by atoms with E-state index in [1.807, 2.05) is 4.90 Å². The number of carbonyl (C=O) groups is 2. The minimum atomic E-state index is -0.157. The molecule has 2 aliphatic rings. The topological polar surface area (TPSA) is 61.9 Å². The molecule has 2 amide bonds. The Balaban J connectivity index is 1.70. The lowest BCUT2D eigenvalue weighted by Gasteiger charge is -2.31. The van der Waals surface area contributed by atoms with Crippen LogP contribution in [0.1, 0.15) is 23.2 Å². The van der Waals surface area contributed by atoms with Gasteiger partial charge in [-0.3, -0.25) is 9.59 Å². The third-order valence-electron chi connectivity index (χ3n) is 4.62. The van der Waals surface area contributed by atoms with Crippen LogP contribution in [-0.4, -0.2) is 73.6 Å². The van der Waals surface area contributed by atoms with Crippen LogP contribution in [-0.2, 0) is 9.53 Å². The molecule has 136 valence electrons. The van der Waals surface area contributed by atoms with Gasteiger partial charge in [0.15, 0.2) is 0 Å². The van der Waals surface area contributed by atoms with Gasteiger partial charge >= 0.3 is 0 Å². The van der Waals surface area contributed by atoms with Crippen LogP contribution < -0.4 is 5.32 Å². The summed E-state index contributed by atoms with van der Waals surface area (Å²) in [5, 5.41) is 3.81. The van der Waals surface area contributed by atoms with Gasteiger partial charge in [0.25, 0.3) is 5.91 Å². The normalized spacial score (nSPS) is 20.5. The minimum absolute atomic E-state index is 0.00655. The Morgan fingerprint density at radius 1 is 1.24 bits per heavy atom. The highest BCUT2D eigenvalue weighted by Gasteiger charge is 2.27. The number of ether oxygens (including phenoxy) is 1. The number of hydrogen-bond acceptors (Lipinski definition) is 4. The fourth-order valence-corrected chi connectivity index (χ4v) is 3.33. The van der Waals surface area contributed by atoms with E-state index >= 15 is 0 Å². The first-order valence-electron chi connectivity index (χ1n) is 8.78. The molecule has 2 fully saturated rings. The van der Waals surface area contributed by atoms with Gasteiger partial charge in [0.1, 0.15) is 6.54 Å². The second-order valence-corrected chi connectivity index (χ2v) is 6.89. The van der Waals surface area contributed by atoms with Crippen molar-refractivity contribution < 1.29 is 14.3 Å². The molecule has 1 N–H and O–H groups in total. The average molecular weight is 366 g/mol. The second kappa shape index (κ2) is 8.65. The molecule has 0 saturated carbocycles. The van der Waals surface area contributed by atoms with E-state index in [1.165, 1.54) is 0 Å². The number of carbonyl (C=O) groups excluding carboxylic acids is 2. The first-order valence-corrected chi connectivity index (χ1v) is 9.16. The highest BCUT2D eigenvalue weighted by molar-refractivity contribution is 6.30. The lowest BCUT2D eigenvalue weighted by atomic mass is 10.1. The molecule has 2 saturated heterocycles. The minimum Gasteiger partial charge on any atom is -0.376 e. The van der Waals surface area contributed by atoms with E-state index in [2.05, 4.69) is 5.32 Å². The van der Waals surface area contributed by atoms with Gasteiger partial charge in [0, 0.05) is 49.9 Å². The molecule has 6 nitrogen and oxygen atoms in total. The summed E-state index contributed by atoms with van der Waals surface area (Å²) in [4.78, 5) is 28.9. The van der Waals surface area contributed by atoms with Crippen molar-refractivity contribution >= 4 is 23.4 Å². The zero-order valence-corrected chi connectivity index (χ0v) is 15.0. The summed E-state index contributed by atoms with van der Waals surface area (Å²) in [6.07, 6.45) is 1.93. The summed E-state index contributed by atoms with van der Waals surface area (Å²) in [5.74, 6) is -0.169. The van der Waals surface area contributed by atoms with E-state index < -0.39 is 0 Å². The Bertz CT molecular complexity index is 596. The SMILES string of the molecule is O=C(CN(C[C@H]1CCCO1)C(=O)c1ccc(Cl)cc1)N1CCNCC1. The van der Waals surface area contributed by atoms with Crippen molar-refractivity contribution in [1.29, 1.82) is 0 Å². The van der Waals surface area contributed by atoms with Crippen LogP contribution in [0.25, 0.3) is 0 Å². The Kier molecular flexibility index (Phi) is 6.29. The molecule has 1 atom stereocenters. The summed E-state index contributed by atoms with van der Waals surface area (Å²) < 4.78 is 5.67. The molecule has 2 aliphatic heterocycles. The molecular formula is C18H24ClN3O3. The molecule has 25 heavy (non-hydrogen) atoms. The molecule has 0 unspecified atom stereocenters. The molecule has 7 heteroatoms. The van der Waals surface area contributed by atoms with E-state index in [4.69, 9.17) is 16.3 Å². The van der Waals surface area contributed by atoms with E-state index in [0.29, 0.717) is 30.2 Å². The molecule has 0 spiro atoms. The van der Waals surface area contributed by atoms with Gasteiger partial charge in [0.05, 0.1) is 6.10 Å². The third-order valence-corrected chi connectivity index (χ3v) is 4.87. The number of nitrogens with zero attached hydrogens (tertiary/aromatic N) is 2. The molecule has 0 radical (unpaired) electrons. The van der Waals surface area contributed by atoms with Crippen molar-refractivity contribution in [2.75, 3.05) is 45.9 Å². The summed E-state index contributed by atoms with van der Waals surface area (Å²) >= 11 is 5.91. The first-order chi connectivity index (χ1) is 12.1. The van der Waals surface area contributed by atoms with Gasteiger partial charge < -0.3 is 19.9 Å². The fraction of sp³-hybridized carbons (Fsp3) is 0.556. The number of benzene rings is 1. The highest BCUT2D eigenvalue weighted by Crippen LogP contribution is 2.17. The van der Waals surface area contributed by atoms with Crippen molar-refractivity contribution in [3.05, 3.63) is 34.9 Å². The van der Waals surface area contributed by atoms with Crippen molar-refractivity contribution in [3.63, 3.8) is 0 Å². The van der Waals surface area contributed by atoms with Crippen LogP contribution in [0.2, 0.25) is 5.02 Å². The number of halogens is 1. The van der Waals surface area contributed by atoms with E-state index in [9.17, 15) is 9.59 Å². The lowest BCUT2D eigenvalue weighted by Crippen LogP contribution is -2.51. The predicted molar refractivity (Wildman–Crippen MR) is 95.8 cm³/mol. The maximum atomic E-state index is 12.9. The lowest BCUT2D eigenvalue weighted by molar-refractivity contribution is -0.132. The van der Waals surface area contributed by atoms with Crippen LogP contribution in [0.5, 0.6) is 0 Å². The number of hydrogen-bond donors (Lipinski definition) is 1. The van der Waals surface area contributed by atoms with Crippen molar-refractivity contribution in [1.82, 2.24) is 15.1 Å². The summed E-state index contributed by atoms with van der Waals surface area (Å²) in [5.41, 5.74) is 0.538. The highest BCUT2D eigenvalue weighted by atomic mass is 35.5. The van der Waals surface area contributed by atoms with Gasteiger partial charge in [-0.1, -0.05) is 11.6 Å². The number of nitrogens with one attached hydrogen (secondary N) is 1. The Morgan fingerprint density at radius 2 is 1.96 bits per heavy atom. The summed E-state index contributed by atoms with van der Waals surface area (Å²) in [6.45, 7) is 4.20. The van der Waals surface area contributed by atoms with Gasteiger partial charge in [0.2, 0.25) is 5.91 Å². The monoisotopic (exact) mass is 365 g/mol. The van der Waals surface area contributed by atoms with Crippen LogP contribution in [0.3, 0.4) is 0 Å². The molecular weight excluding hydrogens is 342 g/mol. The predicted octanol–water partition coefficient (Wildman–Crippen LogP) is 1.39. The van der Waals surface area contributed by atoms with Crippen molar-refractivity contribution in [2.45, 2.75) is 18.9 Å². The molecule has 0 aromatic heterocycles. The van der Waals surface area contributed by atoms with Crippen LogP contribution in [0.15, 0.2) is 24.3 Å². The molecule has 1 aromatic carbocycles. The summed E-state index contributed by atoms with van der Waals surface area (Å²) in [7, 11) is 0. The molecule has 0 bridgehead atoms. The largest absolute Gasteiger partial charge is 0.376 e. The van der Waals surface area contributed by atoms with E-state index in [1.54, 1.807) is 29.2 Å². The van der Waals surface area contributed by atoms with Crippen LogP contribution in [0, 0.1) is 0 Å². The maximum absolute atomic E-state index is 12.9. The van der Waals surface area contributed by atoms with Crippen LogP contribution >= 0.6 is 11.6 Å². The maximum Gasteiger partial charge on any atom is 0.254 e. The van der Waals surface area contributed by atoms with Crippen molar-refractivity contribution in [2.24, 2.45) is 0 Å². The van der Waals surface area contributed by atoms with Crippen molar-refractivity contribution in [3.8, 4) is 0 Å². The van der Waals surface area contributed by atoms with Gasteiger partial charge in [-0.15, -0.1) is 0 Å². The Morgan fingerprint density at radius 3 is 2.60 bits per heavy atom. The number of rotatable bonds is 5. The number of piperazine rings is 1. The quantitative estimate of drug-likeness (QED) is 0.856. The number of amides is 2. The van der Waals surface area contributed by atoms with Gasteiger partial charge in [-0.05, 0) is 37.1 Å². The molecule has 1 aromatic rings. The first kappa shape index (κ1) is 18.2. The van der Waals surface area contributed by atoms with Crippen LogP contribution in [0.4, 0.5) is 0 Å². The average Bonchev–Trinajstić information content (AvgIpc) is 3.15. The fourth-order valence-electron chi connectivity index (χ4n) is 3.21. The molecule has 2 heterocycles. The van der Waals surface area contributed by atoms with Gasteiger partial charge in [-0.25, -0.2) is 0 Å². The Labute approximate surface area is 153 Å². The Hall–Kier alpha value is -1.63. The molecule has 0 aliphatic carbocycles. The smallest absolute Gasteiger partial charge is 0.254 e.